The van der Waals surface area contributed by atoms with Gasteiger partial charge < -0.3 is 0 Å². The van der Waals surface area contributed by atoms with Crippen molar-refractivity contribution in [3.8, 4) is 11.4 Å². The van der Waals surface area contributed by atoms with E-state index in [1.807, 2.05) is 55.5 Å². The minimum absolute atomic E-state index is 0.0617. The van der Waals surface area contributed by atoms with Crippen molar-refractivity contribution in [2.24, 2.45) is 4.99 Å². The average Bonchev–Trinajstić information content (AvgIpc) is 3.08. The van der Waals surface area contributed by atoms with Gasteiger partial charge in [0.05, 0.1) is 6.54 Å². The van der Waals surface area contributed by atoms with Crippen LogP contribution in [0, 0.1) is 12.3 Å². The fourth-order valence-electron chi connectivity index (χ4n) is 2.53. The van der Waals surface area contributed by atoms with Crippen molar-refractivity contribution in [3.05, 3.63) is 77.6 Å². The van der Waals surface area contributed by atoms with E-state index in [1.54, 1.807) is 17.8 Å². The largest absolute Gasteiger partial charge is 0.280 e. The quantitative estimate of drug-likeness (QED) is 0.552. The van der Waals surface area contributed by atoms with E-state index in [-0.39, 0.29) is 5.84 Å². The summed E-state index contributed by atoms with van der Waals surface area (Å²) in [4.78, 5) is 8.52. The molecule has 0 atom stereocenters. The fourth-order valence-corrected chi connectivity index (χ4v) is 2.53. The first-order valence-corrected chi connectivity index (χ1v) is 8.48. The van der Waals surface area contributed by atoms with Crippen LogP contribution in [-0.4, -0.2) is 26.8 Å². The SMILES string of the molecule is CC=NC(=N)c1nc(-c2ccc(C)cc2)n(C/C=C/c2ccccc2)n1. The number of hydrogen-bond acceptors (Lipinski definition) is 3. The van der Waals surface area contributed by atoms with E-state index >= 15 is 0 Å². The summed E-state index contributed by atoms with van der Waals surface area (Å²) >= 11 is 0. The number of amidine groups is 1. The minimum Gasteiger partial charge on any atom is -0.280 e. The number of nitrogens with zero attached hydrogens (tertiary/aromatic N) is 4. The second-order valence-corrected chi connectivity index (χ2v) is 5.86. The average molecular weight is 343 g/mol. The fraction of sp³-hybridized carbons (Fsp3) is 0.143. The highest BCUT2D eigenvalue weighted by Crippen LogP contribution is 2.19. The van der Waals surface area contributed by atoms with Gasteiger partial charge in [0.25, 0.3) is 0 Å². The lowest BCUT2D eigenvalue weighted by Gasteiger charge is -2.03. The second kappa shape index (κ2) is 8.16. The molecule has 130 valence electrons. The first-order valence-electron chi connectivity index (χ1n) is 8.48. The van der Waals surface area contributed by atoms with Crippen LogP contribution < -0.4 is 0 Å². The molecule has 0 aliphatic carbocycles. The van der Waals surface area contributed by atoms with Gasteiger partial charge in [-0.05, 0) is 19.4 Å². The van der Waals surface area contributed by atoms with E-state index in [4.69, 9.17) is 5.41 Å². The van der Waals surface area contributed by atoms with Gasteiger partial charge in [0.2, 0.25) is 5.82 Å². The van der Waals surface area contributed by atoms with Crippen LogP contribution in [0.15, 0.2) is 65.7 Å². The molecule has 3 rings (SSSR count). The Balaban J connectivity index is 1.92. The summed E-state index contributed by atoms with van der Waals surface area (Å²) in [6.45, 7) is 4.39. The molecule has 0 unspecified atom stereocenters. The maximum Gasteiger partial charge on any atom is 0.218 e. The lowest BCUT2D eigenvalue weighted by atomic mass is 10.1. The smallest absolute Gasteiger partial charge is 0.218 e. The zero-order chi connectivity index (χ0) is 18.4. The van der Waals surface area contributed by atoms with Crippen molar-refractivity contribution in [1.82, 2.24) is 14.8 Å². The Hall–Kier alpha value is -3.34. The predicted octanol–water partition coefficient (Wildman–Crippen LogP) is 4.38. The van der Waals surface area contributed by atoms with Crippen LogP contribution in [0.3, 0.4) is 0 Å². The Kier molecular flexibility index (Phi) is 5.49. The van der Waals surface area contributed by atoms with E-state index in [1.165, 1.54) is 5.56 Å². The summed E-state index contributed by atoms with van der Waals surface area (Å²) in [6.07, 6.45) is 5.66. The Morgan fingerprint density at radius 2 is 1.85 bits per heavy atom. The molecule has 1 heterocycles. The highest BCUT2D eigenvalue weighted by Gasteiger charge is 2.14. The molecular formula is C21H21N5. The third-order valence-corrected chi connectivity index (χ3v) is 3.84. The molecule has 1 N–H and O–H groups in total. The number of benzene rings is 2. The number of allylic oxidation sites excluding steroid dienone is 1. The summed E-state index contributed by atoms with van der Waals surface area (Å²) in [5.41, 5.74) is 3.29. The lowest BCUT2D eigenvalue weighted by molar-refractivity contribution is 0.707. The third-order valence-electron chi connectivity index (χ3n) is 3.84. The van der Waals surface area contributed by atoms with Crippen LogP contribution in [0.25, 0.3) is 17.5 Å². The summed E-state index contributed by atoms with van der Waals surface area (Å²) in [6, 6.07) is 18.2. The standard InChI is InChI=1S/C21H21N5/c1-3-23-19(22)20-24-21(18-13-11-16(2)12-14-18)26(25-20)15-7-10-17-8-5-4-6-9-17/h3-14,22H,15H2,1-2H3/b10-7+,22-19?,23-3?. The Morgan fingerprint density at radius 3 is 2.54 bits per heavy atom. The van der Waals surface area contributed by atoms with Gasteiger partial charge in [-0.2, -0.15) is 0 Å². The molecule has 0 radical (unpaired) electrons. The zero-order valence-corrected chi connectivity index (χ0v) is 14.9. The number of aliphatic imine (C=N–C) groups is 1. The minimum atomic E-state index is 0.0617. The number of hydrogen-bond donors (Lipinski definition) is 1. The normalized spacial score (nSPS) is 11.5. The molecule has 0 spiro atoms. The lowest BCUT2D eigenvalue weighted by Crippen LogP contribution is -2.03. The van der Waals surface area contributed by atoms with Crippen LogP contribution in [0.5, 0.6) is 0 Å². The van der Waals surface area contributed by atoms with Crippen molar-refractivity contribution < 1.29 is 0 Å². The molecule has 0 aliphatic rings. The predicted molar refractivity (Wildman–Crippen MR) is 107 cm³/mol. The highest BCUT2D eigenvalue weighted by molar-refractivity contribution is 5.97. The maximum atomic E-state index is 7.99. The molecule has 2 aromatic carbocycles. The van der Waals surface area contributed by atoms with E-state index in [9.17, 15) is 0 Å². The summed E-state index contributed by atoms with van der Waals surface area (Å²) in [7, 11) is 0. The summed E-state index contributed by atoms with van der Waals surface area (Å²) in [5, 5.41) is 12.5. The first-order chi connectivity index (χ1) is 12.7. The molecule has 0 saturated carbocycles. The van der Waals surface area contributed by atoms with Gasteiger partial charge >= 0.3 is 0 Å². The number of nitrogens with one attached hydrogen (secondary N) is 1. The molecule has 0 saturated heterocycles. The molecule has 1 aromatic heterocycles. The molecule has 0 amide bonds. The van der Waals surface area contributed by atoms with Crippen LogP contribution in [-0.2, 0) is 6.54 Å². The van der Waals surface area contributed by atoms with Crippen LogP contribution >= 0.6 is 0 Å². The first kappa shape index (κ1) is 17.5. The number of rotatable bonds is 5. The van der Waals surface area contributed by atoms with E-state index in [0.29, 0.717) is 12.4 Å². The second-order valence-electron chi connectivity index (χ2n) is 5.86. The molecule has 0 aliphatic heterocycles. The third kappa shape index (κ3) is 4.19. The van der Waals surface area contributed by atoms with Gasteiger partial charge in [-0.25, -0.2) is 14.7 Å². The molecule has 3 aromatic rings. The Morgan fingerprint density at radius 1 is 1.12 bits per heavy atom. The summed E-state index contributed by atoms with van der Waals surface area (Å²) < 4.78 is 1.80. The van der Waals surface area contributed by atoms with Gasteiger partial charge in [-0.15, -0.1) is 5.10 Å². The maximum absolute atomic E-state index is 7.99. The van der Waals surface area contributed by atoms with Crippen LogP contribution in [0.2, 0.25) is 0 Å². The highest BCUT2D eigenvalue weighted by atomic mass is 15.4. The van der Waals surface area contributed by atoms with Crippen molar-refractivity contribution in [2.45, 2.75) is 20.4 Å². The molecule has 0 bridgehead atoms. The van der Waals surface area contributed by atoms with E-state index in [2.05, 4.69) is 33.3 Å². The van der Waals surface area contributed by atoms with E-state index in [0.717, 1.165) is 17.0 Å². The summed E-state index contributed by atoms with van der Waals surface area (Å²) in [5.74, 6) is 1.12. The molecular weight excluding hydrogens is 322 g/mol. The van der Waals surface area contributed by atoms with Crippen molar-refractivity contribution in [2.75, 3.05) is 0 Å². The topological polar surface area (TPSA) is 66.9 Å². The van der Waals surface area contributed by atoms with Gasteiger partial charge in [0.15, 0.2) is 11.7 Å². The van der Waals surface area contributed by atoms with Crippen LogP contribution in [0.1, 0.15) is 23.9 Å². The molecule has 5 nitrogen and oxygen atoms in total. The molecule has 5 heteroatoms. The van der Waals surface area contributed by atoms with Crippen molar-refractivity contribution in [3.63, 3.8) is 0 Å². The van der Waals surface area contributed by atoms with Crippen molar-refractivity contribution in [1.29, 1.82) is 5.41 Å². The molecule has 26 heavy (non-hydrogen) atoms. The van der Waals surface area contributed by atoms with Crippen LogP contribution in [0.4, 0.5) is 0 Å². The number of aromatic nitrogens is 3. The number of aryl methyl sites for hydroxylation is 1. The van der Waals surface area contributed by atoms with Gasteiger partial charge in [-0.3, -0.25) is 5.41 Å². The zero-order valence-electron chi connectivity index (χ0n) is 14.9. The van der Waals surface area contributed by atoms with Gasteiger partial charge in [0.1, 0.15) is 0 Å². The van der Waals surface area contributed by atoms with E-state index < -0.39 is 0 Å². The Bertz CT molecular complexity index is 934. The van der Waals surface area contributed by atoms with Crippen molar-refractivity contribution >= 4 is 18.1 Å². The van der Waals surface area contributed by atoms with Gasteiger partial charge in [0, 0.05) is 11.8 Å². The Labute approximate surface area is 153 Å². The molecule has 0 fully saturated rings. The van der Waals surface area contributed by atoms with Gasteiger partial charge in [-0.1, -0.05) is 72.3 Å². The monoisotopic (exact) mass is 343 g/mol.